The molecule has 4 heteroatoms. The highest BCUT2D eigenvalue weighted by Gasteiger charge is 2.31. The number of hydrogen-bond donors (Lipinski definition) is 2. The van der Waals surface area contributed by atoms with Crippen LogP contribution in [-0.2, 0) is 9.59 Å². The van der Waals surface area contributed by atoms with Gasteiger partial charge in [-0.1, -0.05) is 32.6 Å². The van der Waals surface area contributed by atoms with Gasteiger partial charge in [-0.3, -0.25) is 9.59 Å². The minimum Gasteiger partial charge on any atom is -0.481 e. The van der Waals surface area contributed by atoms with Crippen LogP contribution < -0.4 is 0 Å². The zero-order chi connectivity index (χ0) is 14.3. The Morgan fingerprint density at radius 3 is 1.83 bits per heavy atom. The predicted octanol–water partition coefficient (Wildman–Crippen LogP) is 3.40. The summed E-state index contributed by atoms with van der Waals surface area (Å²) in [6.07, 6.45) is 5.84. The monoisotopic (exact) mass is 258 g/mol. The van der Waals surface area contributed by atoms with Crippen LogP contribution in [0.1, 0.15) is 59.8 Å². The lowest BCUT2D eigenvalue weighted by Crippen LogP contribution is -2.28. The second-order valence-corrected chi connectivity index (χ2v) is 6.04. The predicted molar refractivity (Wildman–Crippen MR) is 70.5 cm³/mol. The van der Waals surface area contributed by atoms with Crippen LogP contribution in [-0.4, -0.2) is 22.2 Å². The maximum atomic E-state index is 11.0. The highest BCUT2D eigenvalue weighted by Crippen LogP contribution is 2.36. The highest BCUT2D eigenvalue weighted by molar-refractivity contribution is 5.73. The first-order valence-electron chi connectivity index (χ1n) is 6.58. The number of hydrogen-bond acceptors (Lipinski definition) is 2. The number of carboxylic acid groups (broad SMARTS) is 2. The molecule has 0 aromatic heterocycles. The highest BCUT2D eigenvalue weighted by atomic mass is 16.4. The Bertz CT molecular complexity index is 272. The Morgan fingerprint density at radius 1 is 1.11 bits per heavy atom. The maximum absolute atomic E-state index is 11.0. The molecule has 1 rings (SSSR count). The third kappa shape index (κ3) is 7.30. The van der Waals surface area contributed by atoms with Gasteiger partial charge < -0.3 is 10.2 Å². The molecule has 2 N–H and O–H groups in total. The SMILES string of the molecule is CC(=O)O.CC1CCC(CC(C)(C)C(=O)O)CC1. The van der Waals surface area contributed by atoms with E-state index in [0.29, 0.717) is 5.92 Å². The molecule has 1 aliphatic carbocycles. The van der Waals surface area contributed by atoms with Crippen LogP contribution in [0.5, 0.6) is 0 Å². The summed E-state index contributed by atoms with van der Waals surface area (Å²) in [7, 11) is 0. The molecule has 0 spiro atoms. The summed E-state index contributed by atoms with van der Waals surface area (Å²) < 4.78 is 0. The minimum atomic E-state index is -0.833. The van der Waals surface area contributed by atoms with E-state index >= 15 is 0 Å². The Morgan fingerprint density at radius 2 is 1.50 bits per heavy atom. The standard InChI is InChI=1S/C12H22O2.C2H4O2/c1-9-4-6-10(7-5-9)8-12(2,3)11(13)14;1-2(3)4/h9-10H,4-8H2,1-3H3,(H,13,14);1H3,(H,3,4). The van der Waals surface area contributed by atoms with Gasteiger partial charge in [0.05, 0.1) is 5.41 Å². The minimum absolute atomic E-state index is 0.536. The molecule has 0 saturated heterocycles. The Balaban J connectivity index is 0.000000631. The van der Waals surface area contributed by atoms with Crippen LogP contribution in [0.4, 0.5) is 0 Å². The van der Waals surface area contributed by atoms with E-state index < -0.39 is 17.4 Å². The average Bonchev–Trinajstić information content (AvgIpc) is 2.20. The molecule has 0 aromatic rings. The zero-order valence-corrected chi connectivity index (χ0v) is 11.9. The van der Waals surface area contributed by atoms with E-state index in [1.807, 2.05) is 13.8 Å². The van der Waals surface area contributed by atoms with Crippen molar-refractivity contribution in [2.75, 3.05) is 0 Å². The molecule has 4 nitrogen and oxygen atoms in total. The van der Waals surface area contributed by atoms with Crippen molar-refractivity contribution in [1.29, 1.82) is 0 Å². The van der Waals surface area contributed by atoms with Crippen LogP contribution in [0, 0.1) is 17.3 Å². The van der Waals surface area contributed by atoms with E-state index in [1.54, 1.807) is 0 Å². The van der Waals surface area contributed by atoms with Gasteiger partial charge in [-0.25, -0.2) is 0 Å². The molecule has 0 heterocycles. The zero-order valence-electron chi connectivity index (χ0n) is 11.9. The summed E-state index contributed by atoms with van der Waals surface area (Å²) >= 11 is 0. The molecule has 0 unspecified atom stereocenters. The van der Waals surface area contributed by atoms with Gasteiger partial charge in [-0.2, -0.15) is 0 Å². The number of aliphatic carboxylic acids is 2. The van der Waals surface area contributed by atoms with Gasteiger partial charge in [-0.15, -0.1) is 0 Å². The van der Waals surface area contributed by atoms with E-state index in [2.05, 4.69) is 6.92 Å². The molecule has 1 aliphatic rings. The van der Waals surface area contributed by atoms with E-state index in [0.717, 1.165) is 19.3 Å². The molecule has 0 atom stereocenters. The van der Waals surface area contributed by atoms with Crippen molar-refractivity contribution in [3.63, 3.8) is 0 Å². The summed E-state index contributed by atoms with van der Waals surface area (Å²) in [5.74, 6) is -0.00684. The number of carboxylic acids is 2. The maximum Gasteiger partial charge on any atom is 0.309 e. The van der Waals surface area contributed by atoms with Crippen molar-refractivity contribution >= 4 is 11.9 Å². The third-order valence-corrected chi connectivity index (χ3v) is 3.51. The van der Waals surface area contributed by atoms with E-state index in [1.165, 1.54) is 25.7 Å². The average molecular weight is 258 g/mol. The quantitative estimate of drug-likeness (QED) is 0.813. The van der Waals surface area contributed by atoms with Crippen molar-refractivity contribution in [3.05, 3.63) is 0 Å². The van der Waals surface area contributed by atoms with Gasteiger partial charge in [-0.05, 0) is 32.1 Å². The molecule has 0 aromatic carbocycles. The number of carbonyl (C=O) groups is 2. The van der Waals surface area contributed by atoms with Crippen LogP contribution in [0.2, 0.25) is 0 Å². The normalized spacial score (nSPS) is 23.8. The van der Waals surface area contributed by atoms with Gasteiger partial charge in [0.15, 0.2) is 0 Å². The molecule has 0 amide bonds. The molecule has 0 radical (unpaired) electrons. The molecule has 18 heavy (non-hydrogen) atoms. The first-order valence-corrected chi connectivity index (χ1v) is 6.58. The van der Waals surface area contributed by atoms with Gasteiger partial charge in [0.25, 0.3) is 5.97 Å². The van der Waals surface area contributed by atoms with Crippen molar-refractivity contribution in [2.45, 2.75) is 59.8 Å². The first kappa shape index (κ1) is 16.9. The van der Waals surface area contributed by atoms with Crippen LogP contribution >= 0.6 is 0 Å². The fraction of sp³-hybridized carbons (Fsp3) is 0.857. The van der Waals surface area contributed by atoms with Crippen molar-refractivity contribution in [1.82, 2.24) is 0 Å². The second kappa shape index (κ2) is 7.39. The van der Waals surface area contributed by atoms with Gasteiger partial charge >= 0.3 is 5.97 Å². The summed E-state index contributed by atoms with van der Waals surface area (Å²) in [5, 5.41) is 16.4. The second-order valence-electron chi connectivity index (χ2n) is 6.04. The first-order chi connectivity index (χ1) is 8.15. The summed E-state index contributed by atoms with van der Waals surface area (Å²) in [4.78, 5) is 20.0. The lowest BCUT2D eigenvalue weighted by molar-refractivity contribution is -0.148. The Labute approximate surface area is 109 Å². The summed E-state index contributed by atoms with van der Waals surface area (Å²) in [6, 6.07) is 0. The molecule has 0 aliphatic heterocycles. The third-order valence-electron chi connectivity index (χ3n) is 3.51. The largest absolute Gasteiger partial charge is 0.481 e. The lowest BCUT2D eigenvalue weighted by atomic mass is 9.74. The van der Waals surface area contributed by atoms with Crippen molar-refractivity contribution < 1.29 is 19.8 Å². The topological polar surface area (TPSA) is 74.6 Å². The smallest absolute Gasteiger partial charge is 0.309 e. The van der Waals surface area contributed by atoms with Crippen LogP contribution in [0.15, 0.2) is 0 Å². The summed E-state index contributed by atoms with van der Waals surface area (Å²) in [6.45, 7) is 7.05. The molecular formula is C14H26O4. The van der Waals surface area contributed by atoms with Gasteiger partial charge in [0.2, 0.25) is 0 Å². The van der Waals surface area contributed by atoms with Crippen LogP contribution in [0.3, 0.4) is 0 Å². The molecule has 1 fully saturated rings. The fourth-order valence-corrected chi connectivity index (χ4v) is 2.34. The lowest BCUT2D eigenvalue weighted by Gasteiger charge is -2.31. The Hall–Kier alpha value is -1.06. The molecule has 1 saturated carbocycles. The van der Waals surface area contributed by atoms with Crippen LogP contribution in [0.25, 0.3) is 0 Å². The van der Waals surface area contributed by atoms with Crippen molar-refractivity contribution in [2.24, 2.45) is 17.3 Å². The number of rotatable bonds is 3. The summed E-state index contributed by atoms with van der Waals surface area (Å²) in [5.41, 5.74) is -0.536. The Kier molecular flexibility index (Phi) is 6.96. The van der Waals surface area contributed by atoms with Gasteiger partial charge in [0, 0.05) is 6.92 Å². The van der Waals surface area contributed by atoms with Gasteiger partial charge in [0.1, 0.15) is 0 Å². The molecule has 106 valence electrons. The van der Waals surface area contributed by atoms with E-state index in [-0.39, 0.29) is 0 Å². The van der Waals surface area contributed by atoms with E-state index in [9.17, 15) is 4.79 Å². The van der Waals surface area contributed by atoms with Crippen molar-refractivity contribution in [3.8, 4) is 0 Å². The molecule has 0 bridgehead atoms. The molecular weight excluding hydrogens is 232 g/mol. The van der Waals surface area contributed by atoms with E-state index in [4.69, 9.17) is 15.0 Å². The fourth-order valence-electron chi connectivity index (χ4n) is 2.34.